The van der Waals surface area contributed by atoms with E-state index in [1.165, 1.54) is 6.92 Å². The largest absolute Gasteiger partial charge is 0.464 e. The first-order valence-corrected chi connectivity index (χ1v) is 5.50. The molecule has 0 N–H and O–H groups in total. The van der Waals surface area contributed by atoms with Gasteiger partial charge in [0, 0.05) is 0 Å². The number of esters is 2. The summed E-state index contributed by atoms with van der Waals surface area (Å²) in [4.78, 5) is 22.9. The number of hydrogen-bond acceptors (Lipinski definition) is 4. The highest BCUT2D eigenvalue weighted by molar-refractivity contribution is 5.94. The van der Waals surface area contributed by atoms with Crippen LogP contribution >= 0.6 is 0 Å². The van der Waals surface area contributed by atoms with Crippen LogP contribution in [-0.4, -0.2) is 24.6 Å². The van der Waals surface area contributed by atoms with Crippen molar-refractivity contribution in [2.24, 2.45) is 11.3 Å². The van der Waals surface area contributed by atoms with Crippen molar-refractivity contribution in [2.45, 2.75) is 47.6 Å². The Morgan fingerprint density at radius 3 is 1.94 bits per heavy atom. The van der Waals surface area contributed by atoms with Crippen LogP contribution in [0, 0.1) is 11.3 Å². The molecule has 1 atom stereocenters. The molecule has 0 bridgehead atoms. The Kier molecular flexibility index (Phi) is 5.48. The van der Waals surface area contributed by atoms with Gasteiger partial charge in [-0.3, -0.25) is 9.59 Å². The lowest BCUT2D eigenvalue weighted by molar-refractivity contribution is -0.164. The van der Waals surface area contributed by atoms with E-state index in [0.717, 1.165) is 0 Å². The van der Waals surface area contributed by atoms with E-state index in [1.54, 1.807) is 13.8 Å². The second-order valence-corrected chi connectivity index (χ2v) is 5.38. The average Bonchev–Trinajstić information content (AvgIpc) is 2.10. The fourth-order valence-electron chi connectivity index (χ4n) is 0.843. The molecule has 1 unspecified atom stereocenters. The van der Waals surface area contributed by atoms with Crippen LogP contribution in [0.25, 0.3) is 0 Å². The molecule has 0 aliphatic carbocycles. The third-order valence-corrected chi connectivity index (χ3v) is 1.71. The second kappa shape index (κ2) is 5.87. The van der Waals surface area contributed by atoms with E-state index in [-0.39, 0.29) is 11.5 Å². The van der Waals surface area contributed by atoms with E-state index in [0.29, 0.717) is 6.61 Å². The van der Waals surface area contributed by atoms with Crippen LogP contribution < -0.4 is 0 Å². The molecule has 0 saturated carbocycles. The van der Waals surface area contributed by atoms with Crippen LogP contribution in [0.1, 0.15) is 41.5 Å². The van der Waals surface area contributed by atoms with Crippen LogP contribution in [0.3, 0.4) is 0 Å². The van der Waals surface area contributed by atoms with Crippen LogP contribution in [0.4, 0.5) is 0 Å². The van der Waals surface area contributed by atoms with Crippen molar-refractivity contribution in [3.63, 3.8) is 0 Å². The third kappa shape index (κ3) is 6.43. The molecule has 0 amide bonds. The van der Waals surface area contributed by atoms with Gasteiger partial charge in [0.1, 0.15) is 0 Å². The summed E-state index contributed by atoms with van der Waals surface area (Å²) in [7, 11) is 0. The summed E-state index contributed by atoms with van der Waals surface area (Å²) in [5, 5.41) is 0. The van der Waals surface area contributed by atoms with Crippen molar-refractivity contribution in [1.82, 2.24) is 0 Å². The van der Waals surface area contributed by atoms with Gasteiger partial charge < -0.3 is 9.47 Å². The average molecular weight is 230 g/mol. The van der Waals surface area contributed by atoms with Crippen LogP contribution in [-0.2, 0) is 19.1 Å². The Morgan fingerprint density at radius 1 is 1.06 bits per heavy atom. The lowest BCUT2D eigenvalue weighted by Gasteiger charge is -2.19. The van der Waals surface area contributed by atoms with Gasteiger partial charge in [0.05, 0.1) is 12.7 Å². The lowest BCUT2D eigenvalue weighted by atomic mass is 9.98. The topological polar surface area (TPSA) is 52.6 Å². The molecule has 4 nitrogen and oxygen atoms in total. The Morgan fingerprint density at radius 2 is 1.56 bits per heavy atom. The minimum Gasteiger partial charge on any atom is -0.464 e. The minimum atomic E-state index is -0.857. The van der Waals surface area contributed by atoms with Crippen molar-refractivity contribution in [3.05, 3.63) is 0 Å². The Labute approximate surface area is 97.3 Å². The third-order valence-electron chi connectivity index (χ3n) is 1.71. The van der Waals surface area contributed by atoms with Gasteiger partial charge in [-0.05, 0) is 26.2 Å². The number of rotatable bonds is 4. The first kappa shape index (κ1) is 14.9. The maximum atomic E-state index is 11.5. The Hall–Kier alpha value is -1.06. The van der Waals surface area contributed by atoms with Gasteiger partial charge in [-0.2, -0.15) is 0 Å². The SMILES string of the molecule is CC(C)OC(=O)C(C)C(=O)OCC(C)(C)C. The van der Waals surface area contributed by atoms with Gasteiger partial charge in [-0.1, -0.05) is 20.8 Å². The quantitative estimate of drug-likeness (QED) is 0.548. The molecule has 0 aliphatic heterocycles. The van der Waals surface area contributed by atoms with Gasteiger partial charge in [-0.25, -0.2) is 0 Å². The zero-order valence-electron chi connectivity index (χ0n) is 11.0. The van der Waals surface area contributed by atoms with Crippen LogP contribution in [0.2, 0.25) is 0 Å². The fraction of sp³-hybridized carbons (Fsp3) is 0.833. The summed E-state index contributed by atoms with van der Waals surface area (Å²) >= 11 is 0. The highest BCUT2D eigenvalue weighted by atomic mass is 16.6. The number of hydrogen-bond donors (Lipinski definition) is 0. The summed E-state index contributed by atoms with van der Waals surface area (Å²) in [5.74, 6) is -1.92. The molecule has 0 spiro atoms. The van der Waals surface area contributed by atoms with E-state index in [9.17, 15) is 9.59 Å². The molecule has 16 heavy (non-hydrogen) atoms. The molecule has 0 aromatic carbocycles. The van der Waals surface area contributed by atoms with E-state index >= 15 is 0 Å². The molecule has 0 fully saturated rings. The van der Waals surface area contributed by atoms with Crippen molar-refractivity contribution in [2.75, 3.05) is 6.61 Å². The molecular formula is C12H22O4. The molecule has 0 aliphatic rings. The minimum absolute atomic E-state index is 0.0999. The molecule has 0 saturated heterocycles. The smallest absolute Gasteiger partial charge is 0.320 e. The normalized spacial score (nSPS) is 13.4. The van der Waals surface area contributed by atoms with Crippen molar-refractivity contribution < 1.29 is 19.1 Å². The monoisotopic (exact) mass is 230 g/mol. The van der Waals surface area contributed by atoms with Gasteiger partial charge in [0.25, 0.3) is 0 Å². The van der Waals surface area contributed by atoms with Crippen molar-refractivity contribution in [1.29, 1.82) is 0 Å². The Balaban J connectivity index is 4.13. The second-order valence-electron chi connectivity index (χ2n) is 5.38. The summed E-state index contributed by atoms with van der Waals surface area (Å²) in [6.07, 6.45) is -0.217. The van der Waals surface area contributed by atoms with Crippen LogP contribution in [0.5, 0.6) is 0 Å². The molecule has 0 heterocycles. The summed E-state index contributed by atoms with van der Waals surface area (Å²) in [6, 6.07) is 0. The predicted octanol–water partition coefficient (Wildman–Crippen LogP) is 2.16. The molecular weight excluding hydrogens is 208 g/mol. The molecule has 0 aromatic rings. The molecule has 0 aromatic heterocycles. The van der Waals surface area contributed by atoms with Crippen molar-refractivity contribution >= 4 is 11.9 Å². The number of carbonyl (C=O) groups excluding carboxylic acids is 2. The highest BCUT2D eigenvalue weighted by Gasteiger charge is 2.26. The molecule has 94 valence electrons. The molecule has 4 heteroatoms. The highest BCUT2D eigenvalue weighted by Crippen LogP contribution is 2.14. The van der Waals surface area contributed by atoms with Gasteiger partial charge in [0.2, 0.25) is 0 Å². The number of ether oxygens (including phenoxy) is 2. The lowest BCUT2D eigenvalue weighted by Crippen LogP contribution is -2.29. The van der Waals surface area contributed by atoms with Gasteiger partial charge in [0.15, 0.2) is 5.92 Å². The Bertz CT molecular complexity index is 250. The van der Waals surface area contributed by atoms with Crippen molar-refractivity contribution in [3.8, 4) is 0 Å². The summed E-state index contributed by atoms with van der Waals surface area (Å²) in [5.41, 5.74) is -0.0999. The maximum Gasteiger partial charge on any atom is 0.320 e. The van der Waals surface area contributed by atoms with E-state index in [2.05, 4.69) is 0 Å². The summed E-state index contributed by atoms with van der Waals surface area (Å²) < 4.78 is 9.96. The zero-order chi connectivity index (χ0) is 12.9. The van der Waals surface area contributed by atoms with Gasteiger partial charge in [-0.15, -0.1) is 0 Å². The number of carbonyl (C=O) groups is 2. The van der Waals surface area contributed by atoms with E-state index in [1.807, 2.05) is 20.8 Å². The van der Waals surface area contributed by atoms with E-state index < -0.39 is 17.9 Å². The standard InChI is InChI=1S/C12H22O4/c1-8(2)16-11(14)9(3)10(13)15-7-12(4,5)6/h8-9H,7H2,1-6H3. The summed E-state index contributed by atoms with van der Waals surface area (Å²) in [6.45, 7) is 11.1. The van der Waals surface area contributed by atoms with E-state index in [4.69, 9.17) is 9.47 Å². The molecule has 0 rings (SSSR count). The first-order valence-electron chi connectivity index (χ1n) is 5.50. The fourth-order valence-corrected chi connectivity index (χ4v) is 0.843. The zero-order valence-corrected chi connectivity index (χ0v) is 11.0. The predicted molar refractivity (Wildman–Crippen MR) is 60.8 cm³/mol. The van der Waals surface area contributed by atoms with Gasteiger partial charge >= 0.3 is 11.9 Å². The molecule has 0 radical (unpaired) electrons. The maximum absolute atomic E-state index is 11.5. The first-order chi connectivity index (χ1) is 7.13. The van der Waals surface area contributed by atoms with Crippen LogP contribution in [0.15, 0.2) is 0 Å².